The van der Waals surface area contributed by atoms with Crippen molar-refractivity contribution in [2.45, 2.75) is 6.92 Å². The molecular weight excluding hydrogens is 247 g/mol. The second kappa shape index (κ2) is 3.37. The summed E-state index contributed by atoms with van der Waals surface area (Å²) in [5.74, 6) is -0.211. The van der Waals surface area contributed by atoms with Gasteiger partial charge in [0.1, 0.15) is 4.47 Å². The summed E-state index contributed by atoms with van der Waals surface area (Å²) in [6.45, 7) is 1.61. The molecule has 12 heavy (non-hydrogen) atoms. The zero-order chi connectivity index (χ0) is 9.30. The summed E-state index contributed by atoms with van der Waals surface area (Å²) in [6.07, 6.45) is 0. The van der Waals surface area contributed by atoms with Crippen LogP contribution >= 0.6 is 27.5 Å². The summed E-state index contributed by atoms with van der Waals surface area (Å²) < 4.78 is 0.295. The van der Waals surface area contributed by atoms with Gasteiger partial charge in [-0.05, 0) is 31.9 Å². The number of rotatable bonds is 1. The molecule has 0 aliphatic heterocycles. The summed E-state index contributed by atoms with van der Waals surface area (Å²) in [4.78, 5) is 13.5. The van der Waals surface area contributed by atoms with Crippen LogP contribution in [0.2, 0.25) is 5.02 Å². The summed E-state index contributed by atoms with van der Waals surface area (Å²) in [6, 6.07) is 1.46. The molecule has 1 heterocycles. The van der Waals surface area contributed by atoms with E-state index < -0.39 is 4.92 Å². The van der Waals surface area contributed by atoms with Crippen molar-refractivity contribution in [3.05, 3.63) is 31.4 Å². The van der Waals surface area contributed by atoms with Gasteiger partial charge in [-0.3, -0.25) is 0 Å². The van der Waals surface area contributed by atoms with Crippen molar-refractivity contribution >= 4 is 33.3 Å². The lowest BCUT2D eigenvalue weighted by Crippen LogP contribution is -1.95. The van der Waals surface area contributed by atoms with E-state index in [4.69, 9.17) is 11.6 Å². The fourth-order valence-electron chi connectivity index (χ4n) is 0.674. The summed E-state index contributed by atoms with van der Waals surface area (Å²) in [5.41, 5.74) is 0.451. The van der Waals surface area contributed by atoms with Crippen molar-refractivity contribution in [3.63, 3.8) is 0 Å². The van der Waals surface area contributed by atoms with Crippen molar-refractivity contribution in [2.24, 2.45) is 0 Å². The predicted octanol–water partition coefficient (Wildman–Crippen LogP) is 2.71. The van der Waals surface area contributed by atoms with E-state index in [2.05, 4.69) is 20.9 Å². The monoisotopic (exact) mass is 250 g/mol. The average Bonchev–Trinajstić information content (AvgIpc) is 1.96. The van der Waals surface area contributed by atoms with Crippen molar-refractivity contribution < 1.29 is 4.92 Å². The van der Waals surface area contributed by atoms with Gasteiger partial charge in [0.25, 0.3) is 0 Å². The Labute approximate surface area is 81.8 Å². The smallest absolute Gasteiger partial charge is 0.358 e. The summed E-state index contributed by atoms with van der Waals surface area (Å²) in [7, 11) is 0. The first-order chi connectivity index (χ1) is 5.52. The van der Waals surface area contributed by atoms with E-state index in [0.717, 1.165) is 0 Å². The topological polar surface area (TPSA) is 56.0 Å². The Morgan fingerprint density at radius 3 is 2.83 bits per heavy atom. The number of nitro groups is 1. The van der Waals surface area contributed by atoms with Gasteiger partial charge in [0.2, 0.25) is 0 Å². The molecule has 0 fully saturated rings. The van der Waals surface area contributed by atoms with Gasteiger partial charge in [-0.15, -0.1) is 0 Å². The van der Waals surface area contributed by atoms with Crippen LogP contribution < -0.4 is 0 Å². The lowest BCUT2D eigenvalue weighted by atomic mass is 10.4. The van der Waals surface area contributed by atoms with E-state index in [1.165, 1.54) is 6.07 Å². The van der Waals surface area contributed by atoms with Crippen LogP contribution in [0, 0.1) is 17.0 Å². The van der Waals surface area contributed by atoms with E-state index in [9.17, 15) is 10.1 Å². The van der Waals surface area contributed by atoms with E-state index in [0.29, 0.717) is 15.2 Å². The maximum Gasteiger partial charge on any atom is 0.378 e. The summed E-state index contributed by atoms with van der Waals surface area (Å²) >= 11 is 8.67. The number of aryl methyl sites for hydroxylation is 1. The van der Waals surface area contributed by atoms with E-state index in [-0.39, 0.29) is 5.82 Å². The predicted molar refractivity (Wildman–Crippen MR) is 48.3 cm³/mol. The third-order valence-electron chi connectivity index (χ3n) is 1.26. The molecule has 0 aliphatic rings. The van der Waals surface area contributed by atoms with Crippen LogP contribution in [0.25, 0.3) is 0 Å². The lowest BCUT2D eigenvalue weighted by molar-refractivity contribution is -0.390. The van der Waals surface area contributed by atoms with Gasteiger partial charge in [-0.25, -0.2) is 0 Å². The van der Waals surface area contributed by atoms with Crippen LogP contribution in [-0.4, -0.2) is 9.91 Å². The van der Waals surface area contributed by atoms with Gasteiger partial charge >= 0.3 is 5.82 Å². The zero-order valence-electron chi connectivity index (χ0n) is 6.04. The molecule has 0 saturated heterocycles. The average molecular weight is 251 g/mol. The second-order valence-corrected chi connectivity index (χ2v) is 3.38. The third kappa shape index (κ3) is 1.73. The van der Waals surface area contributed by atoms with E-state index in [1.807, 2.05) is 0 Å². The minimum Gasteiger partial charge on any atom is -0.358 e. The summed E-state index contributed by atoms with van der Waals surface area (Å²) in [5, 5.41) is 10.8. The zero-order valence-corrected chi connectivity index (χ0v) is 8.39. The number of halogens is 2. The standard InChI is InChI=1S/C6H4BrClN2O2/c1-3-5(8)2-4(7)6(9-3)10(11)12/h2H,1H3. The largest absolute Gasteiger partial charge is 0.378 e. The molecule has 1 aromatic heterocycles. The van der Waals surface area contributed by atoms with Gasteiger partial charge in [0.15, 0.2) is 5.69 Å². The van der Waals surface area contributed by atoms with Crippen LogP contribution in [-0.2, 0) is 0 Å². The minimum atomic E-state index is -0.562. The van der Waals surface area contributed by atoms with Crippen molar-refractivity contribution in [3.8, 4) is 0 Å². The highest BCUT2D eigenvalue weighted by molar-refractivity contribution is 9.10. The van der Waals surface area contributed by atoms with Crippen LogP contribution in [0.1, 0.15) is 5.69 Å². The lowest BCUT2D eigenvalue weighted by Gasteiger charge is -1.96. The number of pyridine rings is 1. The first-order valence-corrected chi connectivity index (χ1v) is 4.16. The molecule has 0 aliphatic carbocycles. The third-order valence-corrected chi connectivity index (χ3v) is 2.23. The molecule has 6 heteroatoms. The fraction of sp³-hybridized carbons (Fsp3) is 0.167. The van der Waals surface area contributed by atoms with E-state index in [1.54, 1.807) is 6.92 Å². The van der Waals surface area contributed by atoms with Crippen LogP contribution in [0.4, 0.5) is 5.82 Å². The van der Waals surface area contributed by atoms with Gasteiger partial charge in [0, 0.05) is 6.92 Å². The van der Waals surface area contributed by atoms with Crippen LogP contribution in [0.3, 0.4) is 0 Å². The molecule has 0 N–H and O–H groups in total. The fourth-order valence-corrected chi connectivity index (χ4v) is 1.42. The van der Waals surface area contributed by atoms with Gasteiger partial charge in [-0.2, -0.15) is 0 Å². The molecule has 0 amide bonds. The highest BCUT2D eigenvalue weighted by atomic mass is 79.9. The molecule has 4 nitrogen and oxygen atoms in total. The van der Waals surface area contributed by atoms with E-state index >= 15 is 0 Å². The molecule has 0 atom stereocenters. The SMILES string of the molecule is Cc1nc([N+](=O)[O-])c(Br)cc1Cl. The highest BCUT2D eigenvalue weighted by Crippen LogP contribution is 2.27. The molecule has 64 valence electrons. The Morgan fingerprint density at radius 2 is 2.33 bits per heavy atom. The first-order valence-electron chi connectivity index (χ1n) is 2.99. The van der Waals surface area contributed by atoms with Gasteiger partial charge in [-0.1, -0.05) is 11.6 Å². The number of hydrogen-bond donors (Lipinski definition) is 0. The highest BCUT2D eigenvalue weighted by Gasteiger charge is 2.16. The Kier molecular flexibility index (Phi) is 2.64. The van der Waals surface area contributed by atoms with Gasteiger partial charge in [0.05, 0.1) is 5.02 Å². The maximum atomic E-state index is 10.4. The Morgan fingerprint density at radius 1 is 1.75 bits per heavy atom. The normalized spacial score (nSPS) is 9.92. The van der Waals surface area contributed by atoms with Gasteiger partial charge < -0.3 is 10.1 Å². The van der Waals surface area contributed by atoms with Crippen LogP contribution in [0.5, 0.6) is 0 Å². The molecule has 0 saturated carbocycles. The number of hydrogen-bond acceptors (Lipinski definition) is 3. The molecule has 1 rings (SSSR count). The first kappa shape index (κ1) is 9.41. The number of aromatic nitrogens is 1. The second-order valence-electron chi connectivity index (χ2n) is 2.12. The quantitative estimate of drug-likeness (QED) is 0.569. The molecular formula is C6H4BrClN2O2. The molecule has 0 aromatic carbocycles. The molecule has 1 aromatic rings. The Hall–Kier alpha value is -0.680. The van der Waals surface area contributed by atoms with Crippen molar-refractivity contribution in [1.82, 2.24) is 4.98 Å². The molecule has 0 radical (unpaired) electrons. The Bertz CT molecular complexity index is 343. The molecule has 0 unspecified atom stereocenters. The van der Waals surface area contributed by atoms with Crippen molar-refractivity contribution in [1.29, 1.82) is 0 Å². The molecule has 0 bridgehead atoms. The number of nitrogens with zero attached hydrogens (tertiary/aromatic N) is 2. The van der Waals surface area contributed by atoms with Crippen molar-refractivity contribution in [2.75, 3.05) is 0 Å². The maximum absolute atomic E-state index is 10.4. The Balaban J connectivity index is 3.33. The molecule has 0 spiro atoms. The van der Waals surface area contributed by atoms with Crippen LogP contribution in [0.15, 0.2) is 10.5 Å². The minimum absolute atomic E-state index is 0.211.